The van der Waals surface area contributed by atoms with Crippen LogP contribution < -0.4 is 15.5 Å². The highest BCUT2D eigenvalue weighted by atomic mass is 16.2. The van der Waals surface area contributed by atoms with Gasteiger partial charge in [0.15, 0.2) is 0 Å². The van der Waals surface area contributed by atoms with Crippen molar-refractivity contribution < 1.29 is 4.79 Å². The maximum absolute atomic E-state index is 13.1. The summed E-state index contributed by atoms with van der Waals surface area (Å²) in [6.45, 7) is 4.43. The molecule has 5 rings (SSSR count). The maximum atomic E-state index is 13.1. The molecule has 1 aromatic carbocycles. The second-order valence-electron chi connectivity index (χ2n) is 9.87. The summed E-state index contributed by atoms with van der Waals surface area (Å²) in [5, 5.41) is 7.28. The lowest BCUT2D eigenvalue weighted by Crippen LogP contribution is -2.34. The molecule has 0 radical (unpaired) electrons. The Morgan fingerprint density at radius 1 is 1.07 bits per heavy atom. The van der Waals surface area contributed by atoms with Crippen LogP contribution in [0.1, 0.15) is 74.8 Å². The Labute approximate surface area is 175 Å². The van der Waals surface area contributed by atoms with Crippen molar-refractivity contribution in [1.82, 2.24) is 10.6 Å². The van der Waals surface area contributed by atoms with E-state index in [1.807, 2.05) is 0 Å². The average molecular weight is 396 g/mol. The zero-order chi connectivity index (χ0) is 19.6. The van der Waals surface area contributed by atoms with E-state index >= 15 is 0 Å². The molecule has 0 spiro atoms. The number of anilines is 1. The van der Waals surface area contributed by atoms with E-state index in [1.165, 1.54) is 81.4 Å². The largest absolute Gasteiger partial charge is 0.317 e. The molecule has 2 N–H and O–H groups in total. The standard InChI is InChI=1S/C25H37N3O/c29-25(19-5-3-1-2-4-6-19)28-14-11-21-15-20(7-8-24(21)28)22-16-23(22)27-17-18-9-12-26-13-10-18/h7-8,15,18-19,22-23,26-27H,1-6,9-14,16-17H2. The van der Waals surface area contributed by atoms with Crippen LogP contribution in [-0.2, 0) is 11.2 Å². The van der Waals surface area contributed by atoms with Gasteiger partial charge in [-0.3, -0.25) is 4.79 Å². The SMILES string of the molecule is O=C(C1CCCCCC1)N1CCc2cc(C3CC3NCC3CCNCC3)ccc21. The van der Waals surface area contributed by atoms with Gasteiger partial charge in [-0.15, -0.1) is 0 Å². The number of amides is 1. The van der Waals surface area contributed by atoms with Crippen LogP contribution in [0.15, 0.2) is 18.2 Å². The molecule has 0 aromatic heterocycles. The fourth-order valence-corrected chi connectivity index (χ4v) is 5.82. The van der Waals surface area contributed by atoms with Crippen molar-refractivity contribution in [2.45, 2.75) is 76.2 Å². The molecule has 158 valence electrons. The molecule has 2 saturated carbocycles. The number of hydrogen-bond donors (Lipinski definition) is 2. The summed E-state index contributed by atoms with van der Waals surface area (Å²) in [6.07, 6.45) is 12.2. The summed E-state index contributed by atoms with van der Waals surface area (Å²) in [5.74, 6) is 2.18. The van der Waals surface area contributed by atoms with Gasteiger partial charge < -0.3 is 15.5 Å². The molecule has 3 fully saturated rings. The Bertz CT molecular complexity index is 719. The van der Waals surface area contributed by atoms with Crippen LogP contribution in [0.5, 0.6) is 0 Å². The minimum atomic E-state index is 0.259. The van der Waals surface area contributed by atoms with Crippen LogP contribution in [0, 0.1) is 11.8 Å². The highest BCUT2D eigenvalue weighted by Gasteiger charge is 2.39. The predicted octanol–water partition coefficient (Wildman–Crippen LogP) is 3.99. The van der Waals surface area contributed by atoms with Crippen LogP contribution in [0.3, 0.4) is 0 Å². The van der Waals surface area contributed by atoms with Gasteiger partial charge in [-0.25, -0.2) is 0 Å². The van der Waals surface area contributed by atoms with Crippen molar-refractivity contribution in [3.8, 4) is 0 Å². The number of carbonyl (C=O) groups excluding carboxylic acids is 1. The third-order valence-electron chi connectivity index (χ3n) is 7.82. The van der Waals surface area contributed by atoms with E-state index in [2.05, 4.69) is 33.7 Å². The highest BCUT2D eigenvalue weighted by molar-refractivity contribution is 5.97. The lowest BCUT2D eigenvalue weighted by molar-refractivity contribution is -0.122. The second-order valence-corrected chi connectivity index (χ2v) is 9.87. The van der Waals surface area contributed by atoms with Gasteiger partial charge in [-0.2, -0.15) is 0 Å². The topological polar surface area (TPSA) is 44.4 Å². The van der Waals surface area contributed by atoms with Crippen LogP contribution in [0.25, 0.3) is 0 Å². The molecule has 2 heterocycles. The summed E-state index contributed by atoms with van der Waals surface area (Å²) >= 11 is 0. The third-order valence-corrected chi connectivity index (χ3v) is 7.82. The lowest BCUT2D eigenvalue weighted by Gasteiger charge is -2.23. The molecule has 1 amide bonds. The normalized spacial score (nSPS) is 28.2. The zero-order valence-corrected chi connectivity index (χ0v) is 17.8. The summed E-state index contributed by atoms with van der Waals surface area (Å²) in [7, 11) is 0. The van der Waals surface area contributed by atoms with E-state index in [9.17, 15) is 4.79 Å². The van der Waals surface area contributed by atoms with Crippen LogP contribution in [0.4, 0.5) is 5.69 Å². The number of carbonyl (C=O) groups is 1. The average Bonchev–Trinajstić information content (AvgIpc) is 3.49. The molecule has 1 aromatic rings. The number of piperidine rings is 1. The van der Waals surface area contributed by atoms with Gasteiger partial charge in [0, 0.05) is 30.1 Å². The highest BCUT2D eigenvalue weighted by Crippen LogP contribution is 2.43. The summed E-state index contributed by atoms with van der Waals surface area (Å²) in [6, 6.07) is 7.61. The molecule has 2 aliphatic carbocycles. The van der Waals surface area contributed by atoms with Crippen molar-refractivity contribution in [1.29, 1.82) is 0 Å². The summed E-state index contributed by atoms with van der Waals surface area (Å²) < 4.78 is 0. The third kappa shape index (κ3) is 4.39. The molecule has 4 heteroatoms. The Morgan fingerprint density at radius 3 is 2.66 bits per heavy atom. The molecule has 1 saturated heterocycles. The molecule has 29 heavy (non-hydrogen) atoms. The van der Waals surface area contributed by atoms with E-state index in [1.54, 1.807) is 0 Å². The molecule has 2 aliphatic heterocycles. The smallest absolute Gasteiger partial charge is 0.230 e. The molecule has 4 nitrogen and oxygen atoms in total. The van der Waals surface area contributed by atoms with Gasteiger partial charge in [0.05, 0.1) is 0 Å². The van der Waals surface area contributed by atoms with Gasteiger partial charge in [0.1, 0.15) is 0 Å². The maximum Gasteiger partial charge on any atom is 0.230 e. The fraction of sp³-hybridized carbons (Fsp3) is 0.720. The van der Waals surface area contributed by atoms with E-state index in [0.717, 1.165) is 31.7 Å². The van der Waals surface area contributed by atoms with E-state index < -0.39 is 0 Å². The Balaban J connectivity index is 1.18. The van der Waals surface area contributed by atoms with Crippen LogP contribution >= 0.6 is 0 Å². The van der Waals surface area contributed by atoms with Gasteiger partial charge in [-0.1, -0.05) is 37.8 Å². The van der Waals surface area contributed by atoms with Crippen molar-refractivity contribution in [2.24, 2.45) is 11.8 Å². The Kier molecular flexibility index (Phi) is 5.92. The van der Waals surface area contributed by atoms with E-state index in [-0.39, 0.29) is 5.92 Å². The van der Waals surface area contributed by atoms with Crippen LogP contribution in [0.2, 0.25) is 0 Å². The fourth-order valence-electron chi connectivity index (χ4n) is 5.82. The number of nitrogens with zero attached hydrogens (tertiary/aromatic N) is 1. The molecule has 4 aliphatic rings. The van der Waals surface area contributed by atoms with Crippen molar-refractivity contribution >= 4 is 11.6 Å². The molecule has 2 unspecified atom stereocenters. The van der Waals surface area contributed by atoms with E-state index in [0.29, 0.717) is 17.9 Å². The molecular weight excluding hydrogens is 358 g/mol. The molecule has 0 bridgehead atoms. The molecule has 2 atom stereocenters. The van der Waals surface area contributed by atoms with Gasteiger partial charge in [0.25, 0.3) is 0 Å². The quantitative estimate of drug-likeness (QED) is 0.741. The lowest BCUT2D eigenvalue weighted by atomic mass is 9.98. The zero-order valence-electron chi connectivity index (χ0n) is 17.8. The summed E-state index contributed by atoms with van der Waals surface area (Å²) in [4.78, 5) is 15.3. The van der Waals surface area contributed by atoms with Crippen molar-refractivity contribution in [3.05, 3.63) is 29.3 Å². The van der Waals surface area contributed by atoms with Gasteiger partial charge in [-0.05, 0) is 81.3 Å². The number of rotatable bonds is 5. The number of fused-ring (bicyclic) bond motifs is 1. The Hall–Kier alpha value is -1.39. The minimum absolute atomic E-state index is 0.259. The first-order chi connectivity index (χ1) is 14.3. The number of benzene rings is 1. The van der Waals surface area contributed by atoms with E-state index in [4.69, 9.17) is 0 Å². The number of hydrogen-bond acceptors (Lipinski definition) is 3. The van der Waals surface area contributed by atoms with Crippen LogP contribution in [-0.4, -0.2) is 38.1 Å². The molecular formula is C25H37N3O. The predicted molar refractivity (Wildman–Crippen MR) is 118 cm³/mol. The van der Waals surface area contributed by atoms with Gasteiger partial charge in [0.2, 0.25) is 5.91 Å². The van der Waals surface area contributed by atoms with Gasteiger partial charge >= 0.3 is 0 Å². The number of nitrogens with one attached hydrogen (secondary N) is 2. The first-order valence-electron chi connectivity index (χ1n) is 12.2. The monoisotopic (exact) mass is 395 g/mol. The van der Waals surface area contributed by atoms with Crippen molar-refractivity contribution in [3.63, 3.8) is 0 Å². The minimum Gasteiger partial charge on any atom is -0.317 e. The second kappa shape index (κ2) is 8.77. The summed E-state index contributed by atoms with van der Waals surface area (Å²) in [5.41, 5.74) is 4.08. The first-order valence-corrected chi connectivity index (χ1v) is 12.2. The van der Waals surface area contributed by atoms with Crippen molar-refractivity contribution in [2.75, 3.05) is 31.1 Å². The Morgan fingerprint density at radius 2 is 1.86 bits per heavy atom. The first kappa shape index (κ1) is 19.6.